The predicted molar refractivity (Wildman–Crippen MR) is 88.0 cm³/mol. The summed E-state index contributed by atoms with van der Waals surface area (Å²) in [4.78, 5) is 12.1. The summed E-state index contributed by atoms with van der Waals surface area (Å²) in [6.07, 6.45) is 1.16. The van der Waals surface area contributed by atoms with E-state index in [0.717, 1.165) is 18.7 Å². The number of rotatable bonds is 4. The predicted octanol–water partition coefficient (Wildman–Crippen LogP) is 3.42. The van der Waals surface area contributed by atoms with Gasteiger partial charge in [0.2, 0.25) is 0 Å². The zero-order valence-electron chi connectivity index (χ0n) is 11.7. The van der Waals surface area contributed by atoms with Crippen LogP contribution in [0, 0.1) is 5.92 Å². The van der Waals surface area contributed by atoms with Crippen molar-refractivity contribution in [2.75, 3.05) is 11.9 Å². The van der Waals surface area contributed by atoms with Gasteiger partial charge in [-0.1, -0.05) is 30.3 Å². The zero-order valence-corrected chi connectivity index (χ0v) is 12.5. The Labute approximate surface area is 131 Å². The smallest absolute Gasteiger partial charge is 0.255 e. The molecule has 3 rings (SSSR count). The average Bonchev–Trinajstić information content (AvgIpc) is 3.28. The molecule has 110 valence electrons. The van der Waals surface area contributed by atoms with Crippen molar-refractivity contribution in [3.05, 3.63) is 65.7 Å². The van der Waals surface area contributed by atoms with Crippen molar-refractivity contribution in [2.45, 2.75) is 12.3 Å². The number of benzene rings is 2. The van der Waals surface area contributed by atoms with E-state index in [-0.39, 0.29) is 18.3 Å². The van der Waals surface area contributed by atoms with E-state index >= 15 is 0 Å². The molecule has 3 nitrogen and oxygen atoms in total. The second-order valence-electron chi connectivity index (χ2n) is 5.28. The topological polar surface area (TPSA) is 55.1 Å². The van der Waals surface area contributed by atoms with E-state index in [0.29, 0.717) is 17.4 Å². The fraction of sp³-hybridized carbons (Fsp3) is 0.235. The Morgan fingerprint density at radius 2 is 1.90 bits per heavy atom. The summed E-state index contributed by atoms with van der Waals surface area (Å²) in [5, 5.41) is 2.94. The molecule has 0 saturated heterocycles. The largest absolute Gasteiger partial charge is 0.330 e. The summed E-state index contributed by atoms with van der Waals surface area (Å²) < 4.78 is 0. The van der Waals surface area contributed by atoms with Crippen LogP contribution in [0.5, 0.6) is 0 Å². The van der Waals surface area contributed by atoms with Crippen molar-refractivity contribution in [1.29, 1.82) is 0 Å². The van der Waals surface area contributed by atoms with Gasteiger partial charge in [0.25, 0.3) is 5.91 Å². The van der Waals surface area contributed by atoms with Gasteiger partial charge in [0.1, 0.15) is 0 Å². The number of anilines is 1. The second-order valence-corrected chi connectivity index (χ2v) is 5.28. The van der Waals surface area contributed by atoms with Crippen LogP contribution in [-0.2, 0) is 0 Å². The third kappa shape index (κ3) is 3.63. The van der Waals surface area contributed by atoms with Gasteiger partial charge in [0, 0.05) is 11.3 Å². The van der Waals surface area contributed by atoms with Crippen LogP contribution < -0.4 is 11.1 Å². The van der Waals surface area contributed by atoms with Crippen LogP contribution >= 0.6 is 12.4 Å². The molecule has 1 fully saturated rings. The first-order chi connectivity index (χ1) is 9.78. The molecule has 1 amide bonds. The number of nitrogens with two attached hydrogens (primary N) is 1. The Bertz CT molecular complexity index is 615. The van der Waals surface area contributed by atoms with Gasteiger partial charge in [0.15, 0.2) is 0 Å². The Morgan fingerprint density at radius 1 is 1.14 bits per heavy atom. The third-order valence-electron chi connectivity index (χ3n) is 3.83. The monoisotopic (exact) mass is 302 g/mol. The molecule has 0 heterocycles. The molecule has 0 spiro atoms. The maximum absolute atomic E-state index is 12.1. The number of hydrogen-bond donors (Lipinski definition) is 2. The summed E-state index contributed by atoms with van der Waals surface area (Å²) in [5.74, 6) is 1.09. The molecule has 0 aromatic heterocycles. The highest BCUT2D eigenvalue weighted by molar-refractivity contribution is 6.04. The van der Waals surface area contributed by atoms with Crippen LogP contribution in [0.4, 0.5) is 5.69 Å². The molecule has 1 saturated carbocycles. The molecular formula is C17H19ClN2O. The molecule has 3 N–H and O–H groups in total. The van der Waals surface area contributed by atoms with Crippen molar-refractivity contribution in [3.8, 4) is 0 Å². The van der Waals surface area contributed by atoms with E-state index < -0.39 is 0 Å². The molecule has 2 aromatic rings. The van der Waals surface area contributed by atoms with Crippen LogP contribution in [-0.4, -0.2) is 12.5 Å². The van der Waals surface area contributed by atoms with Gasteiger partial charge in [-0.25, -0.2) is 0 Å². The lowest BCUT2D eigenvalue weighted by molar-refractivity contribution is 0.102. The van der Waals surface area contributed by atoms with Crippen LogP contribution in [0.1, 0.15) is 28.3 Å². The number of halogens is 1. The van der Waals surface area contributed by atoms with Gasteiger partial charge in [0.05, 0.1) is 0 Å². The van der Waals surface area contributed by atoms with Crippen molar-refractivity contribution in [1.82, 2.24) is 0 Å². The number of carbonyl (C=O) groups excluding carboxylic acids is 1. The Hall–Kier alpha value is -1.84. The number of carbonyl (C=O) groups is 1. The third-order valence-corrected chi connectivity index (χ3v) is 3.83. The summed E-state index contributed by atoms with van der Waals surface area (Å²) in [5.41, 5.74) is 8.47. The van der Waals surface area contributed by atoms with Crippen molar-refractivity contribution in [3.63, 3.8) is 0 Å². The summed E-state index contributed by atoms with van der Waals surface area (Å²) in [6, 6.07) is 17.3. The van der Waals surface area contributed by atoms with Gasteiger partial charge < -0.3 is 11.1 Å². The second kappa shape index (κ2) is 6.74. The normalized spacial score (nSPS) is 19.5. The molecule has 2 aromatic carbocycles. The molecule has 0 aliphatic heterocycles. The Kier molecular flexibility index (Phi) is 4.99. The molecule has 1 aliphatic carbocycles. The average molecular weight is 303 g/mol. The van der Waals surface area contributed by atoms with E-state index in [4.69, 9.17) is 5.73 Å². The Balaban J connectivity index is 0.00000161. The van der Waals surface area contributed by atoms with Crippen LogP contribution in [0.25, 0.3) is 0 Å². The van der Waals surface area contributed by atoms with Gasteiger partial charge >= 0.3 is 0 Å². The summed E-state index contributed by atoms with van der Waals surface area (Å²) >= 11 is 0. The molecule has 0 bridgehead atoms. The first kappa shape index (κ1) is 15.5. The van der Waals surface area contributed by atoms with E-state index in [2.05, 4.69) is 17.4 Å². The molecule has 1 aliphatic rings. The number of amides is 1. The van der Waals surface area contributed by atoms with Crippen molar-refractivity contribution in [2.24, 2.45) is 11.7 Å². The minimum atomic E-state index is -0.0751. The van der Waals surface area contributed by atoms with Gasteiger partial charge in [-0.15, -0.1) is 12.4 Å². The molecule has 0 radical (unpaired) electrons. The fourth-order valence-electron chi connectivity index (χ4n) is 2.56. The van der Waals surface area contributed by atoms with Gasteiger partial charge in [-0.3, -0.25) is 4.79 Å². The highest BCUT2D eigenvalue weighted by Crippen LogP contribution is 2.46. The molecule has 2 unspecified atom stereocenters. The van der Waals surface area contributed by atoms with Crippen molar-refractivity contribution < 1.29 is 4.79 Å². The van der Waals surface area contributed by atoms with E-state index in [1.807, 2.05) is 42.5 Å². The highest BCUT2D eigenvalue weighted by atomic mass is 35.5. The van der Waals surface area contributed by atoms with Crippen LogP contribution in [0.15, 0.2) is 54.6 Å². The standard InChI is InChI=1S/C17H18N2O.ClH/c18-11-14-10-16(14)13-7-4-8-15(9-13)19-17(20)12-5-2-1-3-6-12;/h1-9,14,16H,10-11,18H2,(H,19,20);1H. The minimum absolute atomic E-state index is 0. The summed E-state index contributed by atoms with van der Waals surface area (Å²) in [7, 11) is 0. The maximum Gasteiger partial charge on any atom is 0.255 e. The molecular weight excluding hydrogens is 284 g/mol. The van der Waals surface area contributed by atoms with E-state index in [9.17, 15) is 4.79 Å². The lowest BCUT2D eigenvalue weighted by Gasteiger charge is -2.07. The quantitative estimate of drug-likeness (QED) is 0.909. The molecule has 21 heavy (non-hydrogen) atoms. The van der Waals surface area contributed by atoms with Crippen molar-refractivity contribution >= 4 is 24.0 Å². The lowest BCUT2D eigenvalue weighted by Crippen LogP contribution is -2.11. The van der Waals surface area contributed by atoms with Crippen LogP contribution in [0.3, 0.4) is 0 Å². The first-order valence-corrected chi connectivity index (χ1v) is 6.94. The SMILES string of the molecule is Cl.NCC1CC1c1cccc(NC(=O)c2ccccc2)c1. The van der Waals surface area contributed by atoms with Gasteiger partial charge in [-0.05, 0) is 54.6 Å². The van der Waals surface area contributed by atoms with E-state index in [1.54, 1.807) is 0 Å². The highest BCUT2D eigenvalue weighted by Gasteiger charge is 2.36. The summed E-state index contributed by atoms with van der Waals surface area (Å²) in [6.45, 7) is 0.741. The Morgan fingerprint density at radius 3 is 2.57 bits per heavy atom. The number of hydrogen-bond acceptors (Lipinski definition) is 2. The first-order valence-electron chi connectivity index (χ1n) is 6.94. The zero-order chi connectivity index (χ0) is 13.9. The molecule has 4 heteroatoms. The fourth-order valence-corrected chi connectivity index (χ4v) is 2.56. The number of nitrogens with one attached hydrogen (secondary N) is 1. The minimum Gasteiger partial charge on any atom is -0.330 e. The lowest BCUT2D eigenvalue weighted by atomic mass is 10.1. The molecule has 2 atom stereocenters. The van der Waals surface area contributed by atoms with E-state index in [1.165, 1.54) is 5.56 Å². The van der Waals surface area contributed by atoms with Crippen LogP contribution in [0.2, 0.25) is 0 Å². The van der Waals surface area contributed by atoms with Gasteiger partial charge in [-0.2, -0.15) is 0 Å². The maximum atomic E-state index is 12.1.